The van der Waals surface area contributed by atoms with E-state index in [4.69, 9.17) is 28.2 Å². The molecule has 0 radical (unpaired) electrons. The van der Waals surface area contributed by atoms with Crippen LogP contribution in [-0.2, 0) is 15.6 Å². The summed E-state index contributed by atoms with van der Waals surface area (Å²) in [6, 6.07) is 13.4. The van der Waals surface area contributed by atoms with Crippen LogP contribution in [0.4, 0.5) is 5.69 Å². The number of aliphatic imine (C=N–C) groups is 1. The van der Waals surface area contributed by atoms with E-state index in [1.54, 1.807) is 17.8 Å². The number of nitrogens with zero attached hydrogens (tertiary/aromatic N) is 2. The third kappa shape index (κ3) is 3.99. The van der Waals surface area contributed by atoms with Gasteiger partial charge in [0.05, 0.1) is 33.6 Å². The van der Waals surface area contributed by atoms with Crippen LogP contribution in [0.5, 0.6) is 0 Å². The van der Waals surface area contributed by atoms with E-state index >= 15 is 0 Å². The Labute approximate surface area is 173 Å². The second-order valence-corrected chi connectivity index (χ2v) is 10.8. The van der Waals surface area contributed by atoms with E-state index in [9.17, 15) is 8.42 Å². The lowest BCUT2D eigenvalue weighted by atomic mass is 10.1. The van der Waals surface area contributed by atoms with Gasteiger partial charge in [-0.25, -0.2) is 8.42 Å². The molecule has 0 unspecified atom stereocenters. The van der Waals surface area contributed by atoms with Gasteiger partial charge in [0.15, 0.2) is 15.0 Å². The van der Waals surface area contributed by atoms with E-state index in [0.29, 0.717) is 15.8 Å². The highest BCUT2D eigenvalue weighted by Crippen LogP contribution is 2.36. The first-order valence-electron chi connectivity index (χ1n) is 8.53. The molecule has 4 nitrogen and oxygen atoms in total. The monoisotopic (exact) mass is 440 g/mol. The van der Waals surface area contributed by atoms with Gasteiger partial charge in [0, 0.05) is 11.4 Å². The van der Waals surface area contributed by atoms with Crippen molar-refractivity contribution < 1.29 is 8.42 Å². The second-order valence-electron chi connectivity index (χ2n) is 6.87. The van der Waals surface area contributed by atoms with Crippen molar-refractivity contribution in [2.75, 3.05) is 16.4 Å². The third-order valence-electron chi connectivity index (χ3n) is 4.77. The molecule has 2 aromatic carbocycles. The van der Waals surface area contributed by atoms with Crippen molar-refractivity contribution in [1.82, 2.24) is 0 Å². The minimum Gasteiger partial charge on any atom is -0.315 e. The van der Waals surface area contributed by atoms with Gasteiger partial charge in [0.1, 0.15) is 0 Å². The largest absolute Gasteiger partial charge is 0.315 e. The Bertz CT molecular complexity index is 1010. The van der Waals surface area contributed by atoms with Crippen LogP contribution in [0.25, 0.3) is 0 Å². The molecule has 0 saturated carbocycles. The molecule has 2 aliphatic heterocycles. The van der Waals surface area contributed by atoms with E-state index in [0.717, 1.165) is 22.0 Å². The number of thioether (sulfide) groups is 1. The lowest BCUT2D eigenvalue weighted by Gasteiger charge is -2.26. The number of hydrogen-bond donors (Lipinski definition) is 0. The predicted molar refractivity (Wildman–Crippen MR) is 115 cm³/mol. The Balaban J connectivity index is 1.60. The van der Waals surface area contributed by atoms with E-state index in [1.807, 2.05) is 43.3 Å². The summed E-state index contributed by atoms with van der Waals surface area (Å²) in [4.78, 5) is 6.83. The van der Waals surface area contributed by atoms with Gasteiger partial charge in [-0.15, -0.1) is 0 Å². The Morgan fingerprint density at radius 3 is 2.56 bits per heavy atom. The summed E-state index contributed by atoms with van der Waals surface area (Å²) in [5.74, 6) is 0.951. The highest BCUT2D eigenvalue weighted by Gasteiger charge is 2.47. The smallest absolute Gasteiger partial charge is 0.164 e. The van der Waals surface area contributed by atoms with E-state index in [-0.39, 0.29) is 23.6 Å². The van der Waals surface area contributed by atoms with Crippen LogP contribution in [-0.4, -0.2) is 37.2 Å². The molecule has 2 heterocycles. The molecule has 2 aliphatic rings. The minimum atomic E-state index is -3.05. The zero-order chi connectivity index (χ0) is 19.2. The van der Waals surface area contributed by atoms with Gasteiger partial charge < -0.3 is 4.90 Å². The van der Waals surface area contributed by atoms with Gasteiger partial charge in [-0.1, -0.05) is 58.7 Å². The maximum atomic E-state index is 12.1. The van der Waals surface area contributed by atoms with Crippen molar-refractivity contribution in [2.24, 2.45) is 4.99 Å². The van der Waals surface area contributed by atoms with Crippen molar-refractivity contribution >= 4 is 55.7 Å². The molecular weight excluding hydrogens is 423 g/mol. The molecule has 2 atom stereocenters. The molecule has 1 saturated heterocycles. The van der Waals surface area contributed by atoms with Crippen LogP contribution < -0.4 is 4.90 Å². The molecule has 0 N–H and O–H groups in total. The topological polar surface area (TPSA) is 49.7 Å². The Kier molecular flexibility index (Phi) is 5.18. The Hall–Kier alpha value is -1.21. The number of halogens is 2. The van der Waals surface area contributed by atoms with Gasteiger partial charge in [-0.05, 0) is 36.8 Å². The summed E-state index contributed by atoms with van der Waals surface area (Å²) in [5, 5.41) is 1.92. The summed E-state index contributed by atoms with van der Waals surface area (Å²) in [6.07, 6.45) is 0. The molecule has 0 amide bonds. The van der Waals surface area contributed by atoms with Gasteiger partial charge >= 0.3 is 0 Å². The number of sulfone groups is 1. The molecule has 8 heteroatoms. The lowest BCUT2D eigenvalue weighted by Crippen LogP contribution is -2.39. The SMILES string of the molecule is Cc1ccc(N2C(SCc3ccc(Cl)c(Cl)c3)=N[C@@H]3CS(=O)(=O)C[C@@H]32)cc1. The highest BCUT2D eigenvalue weighted by atomic mass is 35.5. The predicted octanol–water partition coefficient (Wildman–Crippen LogP) is 4.58. The summed E-state index contributed by atoms with van der Waals surface area (Å²) in [5.41, 5.74) is 3.19. The van der Waals surface area contributed by atoms with Crippen molar-refractivity contribution in [2.45, 2.75) is 24.8 Å². The second kappa shape index (κ2) is 7.32. The first-order valence-corrected chi connectivity index (χ1v) is 12.1. The van der Waals surface area contributed by atoms with Crippen LogP contribution in [0.3, 0.4) is 0 Å². The number of amidine groups is 1. The number of fused-ring (bicyclic) bond motifs is 1. The molecule has 0 spiro atoms. The molecule has 1 fully saturated rings. The zero-order valence-electron chi connectivity index (χ0n) is 14.6. The average molecular weight is 441 g/mol. The fourth-order valence-electron chi connectivity index (χ4n) is 3.42. The van der Waals surface area contributed by atoms with Crippen molar-refractivity contribution in [3.8, 4) is 0 Å². The molecule has 0 aromatic heterocycles. The molecule has 4 rings (SSSR count). The quantitative estimate of drug-likeness (QED) is 0.700. The first-order chi connectivity index (χ1) is 12.8. The fourth-order valence-corrected chi connectivity index (χ4v) is 6.65. The maximum Gasteiger partial charge on any atom is 0.164 e. The van der Waals surface area contributed by atoms with Gasteiger partial charge in [-0.3, -0.25) is 4.99 Å². The summed E-state index contributed by atoms with van der Waals surface area (Å²) in [6.45, 7) is 2.03. The fraction of sp³-hybridized carbons (Fsp3) is 0.316. The van der Waals surface area contributed by atoms with Gasteiger partial charge in [0.2, 0.25) is 0 Å². The van der Waals surface area contributed by atoms with Crippen LogP contribution in [0, 0.1) is 6.92 Å². The van der Waals surface area contributed by atoms with Gasteiger partial charge in [0.25, 0.3) is 0 Å². The van der Waals surface area contributed by atoms with Gasteiger partial charge in [-0.2, -0.15) is 0 Å². The zero-order valence-corrected chi connectivity index (χ0v) is 17.7. The molecule has 2 aromatic rings. The van der Waals surface area contributed by atoms with E-state index in [1.165, 1.54) is 0 Å². The standard InChI is InChI=1S/C19H18Cl2N2O2S2/c1-12-2-5-14(6-3-12)23-18-11-27(24,25)10-17(18)22-19(23)26-9-13-4-7-15(20)16(21)8-13/h2-8,17-18H,9-11H2,1H3/t17-,18+/m1/s1. The van der Waals surface area contributed by atoms with Crippen LogP contribution in [0.1, 0.15) is 11.1 Å². The summed E-state index contributed by atoms with van der Waals surface area (Å²) >= 11 is 13.7. The van der Waals surface area contributed by atoms with Crippen LogP contribution in [0.15, 0.2) is 47.5 Å². The van der Waals surface area contributed by atoms with Crippen molar-refractivity contribution in [3.63, 3.8) is 0 Å². The van der Waals surface area contributed by atoms with E-state index < -0.39 is 9.84 Å². The Morgan fingerprint density at radius 2 is 1.85 bits per heavy atom. The number of anilines is 1. The summed E-state index contributed by atoms with van der Waals surface area (Å²) < 4.78 is 24.2. The first kappa shape index (κ1) is 19.1. The van der Waals surface area contributed by atoms with Crippen LogP contribution in [0.2, 0.25) is 10.0 Å². The molecule has 142 valence electrons. The lowest BCUT2D eigenvalue weighted by molar-refractivity contribution is 0.601. The Morgan fingerprint density at radius 1 is 1.11 bits per heavy atom. The minimum absolute atomic E-state index is 0.122. The number of benzene rings is 2. The molecule has 27 heavy (non-hydrogen) atoms. The third-order valence-corrected chi connectivity index (χ3v) is 8.25. The molecule has 0 aliphatic carbocycles. The average Bonchev–Trinajstić information content (AvgIpc) is 3.08. The molecular formula is C19H18Cl2N2O2S2. The van der Waals surface area contributed by atoms with Crippen molar-refractivity contribution in [3.05, 3.63) is 63.6 Å². The maximum absolute atomic E-state index is 12.1. The normalized spacial score (nSPS) is 23.4. The number of aryl methyl sites for hydroxylation is 1. The van der Waals surface area contributed by atoms with Crippen molar-refractivity contribution in [1.29, 1.82) is 0 Å². The van der Waals surface area contributed by atoms with E-state index in [2.05, 4.69) is 4.90 Å². The summed E-state index contributed by atoms with van der Waals surface area (Å²) in [7, 11) is -3.05. The molecule has 0 bridgehead atoms. The van der Waals surface area contributed by atoms with Crippen LogP contribution >= 0.6 is 35.0 Å². The number of hydrogen-bond acceptors (Lipinski definition) is 5. The highest BCUT2D eigenvalue weighted by molar-refractivity contribution is 8.13. The number of rotatable bonds is 3.